The maximum Gasteiger partial charge on any atom is 0.319 e. The number of carbonyl (C=O) groups is 2. The van der Waals surface area contributed by atoms with Crippen molar-refractivity contribution in [3.05, 3.63) is 59.4 Å². The normalized spacial score (nSPS) is 11.5. The number of hydrogen-bond acceptors (Lipinski definition) is 4. The summed E-state index contributed by atoms with van der Waals surface area (Å²) >= 11 is 0. The Morgan fingerprint density at radius 2 is 1.88 bits per heavy atom. The van der Waals surface area contributed by atoms with Gasteiger partial charge in [-0.3, -0.25) is 9.78 Å². The van der Waals surface area contributed by atoms with Crippen LogP contribution in [0.25, 0.3) is 0 Å². The van der Waals surface area contributed by atoms with Gasteiger partial charge in [0, 0.05) is 17.6 Å². The first-order chi connectivity index (χ1) is 12.0. The van der Waals surface area contributed by atoms with E-state index >= 15 is 0 Å². The Balaban J connectivity index is 1.87. The van der Waals surface area contributed by atoms with Crippen LogP contribution in [0.4, 0.5) is 10.5 Å². The molecular formula is C19H23N3O3. The summed E-state index contributed by atoms with van der Waals surface area (Å²) in [7, 11) is 0. The van der Waals surface area contributed by atoms with Gasteiger partial charge in [0.05, 0.1) is 19.1 Å². The number of esters is 1. The third-order valence-electron chi connectivity index (χ3n) is 3.65. The van der Waals surface area contributed by atoms with Crippen molar-refractivity contribution in [2.75, 3.05) is 11.9 Å². The maximum atomic E-state index is 12.1. The molecule has 2 aromatic rings. The van der Waals surface area contributed by atoms with E-state index in [4.69, 9.17) is 4.74 Å². The Morgan fingerprint density at radius 3 is 2.48 bits per heavy atom. The first-order valence-corrected chi connectivity index (χ1v) is 8.22. The molecule has 132 valence electrons. The minimum Gasteiger partial charge on any atom is -0.466 e. The summed E-state index contributed by atoms with van der Waals surface area (Å²) in [6.07, 6.45) is 1.97. The topological polar surface area (TPSA) is 80.3 Å². The standard InChI is InChI=1S/C19H23N3O3/c1-4-25-18(23)11-15-6-9-17(10-7-15)22-19(24)21-14(3)16-8-5-13(2)20-12-16/h5-10,12,14H,4,11H2,1-3H3,(H2,21,22,24)/t14-/m1/s1. The van der Waals surface area contributed by atoms with Crippen LogP contribution in [0.5, 0.6) is 0 Å². The fourth-order valence-corrected chi connectivity index (χ4v) is 2.27. The van der Waals surface area contributed by atoms with Crippen LogP contribution in [0, 0.1) is 6.92 Å². The highest BCUT2D eigenvalue weighted by molar-refractivity contribution is 5.89. The molecule has 6 nitrogen and oxygen atoms in total. The zero-order valence-corrected chi connectivity index (χ0v) is 14.7. The van der Waals surface area contributed by atoms with Crippen molar-refractivity contribution < 1.29 is 14.3 Å². The number of carbonyl (C=O) groups excluding carboxylic acids is 2. The summed E-state index contributed by atoms with van der Waals surface area (Å²) in [5.41, 5.74) is 3.36. The summed E-state index contributed by atoms with van der Waals surface area (Å²) in [6, 6.07) is 10.5. The largest absolute Gasteiger partial charge is 0.466 e. The number of nitrogens with one attached hydrogen (secondary N) is 2. The van der Waals surface area contributed by atoms with Crippen molar-refractivity contribution in [3.63, 3.8) is 0 Å². The molecule has 0 fully saturated rings. The van der Waals surface area contributed by atoms with Crippen LogP contribution in [-0.4, -0.2) is 23.6 Å². The fourth-order valence-electron chi connectivity index (χ4n) is 2.27. The van der Waals surface area contributed by atoms with Crippen molar-refractivity contribution in [3.8, 4) is 0 Å². The molecule has 2 rings (SSSR count). The van der Waals surface area contributed by atoms with E-state index < -0.39 is 0 Å². The summed E-state index contributed by atoms with van der Waals surface area (Å²) < 4.78 is 4.91. The number of anilines is 1. The maximum absolute atomic E-state index is 12.1. The highest BCUT2D eigenvalue weighted by atomic mass is 16.5. The van der Waals surface area contributed by atoms with Crippen molar-refractivity contribution in [1.29, 1.82) is 0 Å². The number of urea groups is 1. The van der Waals surface area contributed by atoms with Gasteiger partial charge in [0.2, 0.25) is 0 Å². The first-order valence-electron chi connectivity index (χ1n) is 8.22. The average Bonchev–Trinajstić information content (AvgIpc) is 2.57. The number of hydrogen-bond donors (Lipinski definition) is 2. The Morgan fingerprint density at radius 1 is 1.16 bits per heavy atom. The van der Waals surface area contributed by atoms with Crippen LogP contribution in [0.3, 0.4) is 0 Å². The molecule has 0 unspecified atom stereocenters. The highest BCUT2D eigenvalue weighted by Crippen LogP contribution is 2.13. The molecule has 25 heavy (non-hydrogen) atoms. The number of benzene rings is 1. The van der Waals surface area contributed by atoms with Crippen LogP contribution < -0.4 is 10.6 Å². The molecule has 0 bridgehead atoms. The van der Waals surface area contributed by atoms with Gasteiger partial charge in [-0.15, -0.1) is 0 Å². The van der Waals surface area contributed by atoms with Gasteiger partial charge in [-0.1, -0.05) is 18.2 Å². The fraction of sp³-hybridized carbons (Fsp3) is 0.316. The Hall–Kier alpha value is -2.89. The second kappa shape index (κ2) is 8.82. The van der Waals surface area contributed by atoms with E-state index in [-0.39, 0.29) is 24.5 Å². The van der Waals surface area contributed by atoms with Crippen LogP contribution >= 0.6 is 0 Å². The quantitative estimate of drug-likeness (QED) is 0.789. The summed E-state index contributed by atoms with van der Waals surface area (Å²) in [6.45, 7) is 5.96. The molecule has 0 radical (unpaired) electrons. The highest BCUT2D eigenvalue weighted by Gasteiger charge is 2.10. The zero-order valence-electron chi connectivity index (χ0n) is 14.7. The minimum absolute atomic E-state index is 0.156. The lowest BCUT2D eigenvalue weighted by Gasteiger charge is -2.15. The summed E-state index contributed by atoms with van der Waals surface area (Å²) in [4.78, 5) is 27.8. The molecule has 0 aliphatic carbocycles. The van der Waals surface area contributed by atoms with Crippen molar-refractivity contribution in [1.82, 2.24) is 10.3 Å². The molecule has 6 heteroatoms. The monoisotopic (exact) mass is 341 g/mol. The Bertz CT molecular complexity index is 712. The van der Waals surface area contributed by atoms with E-state index in [1.165, 1.54) is 0 Å². The minimum atomic E-state index is -0.300. The predicted octanol–water partition coefficient (Wildman–Crippen LogP) is 3.38. The van der Waals surface area contributed by atoms with Gasteiger partial charge in [0.1, 0.15) is 0 Å². The molecule has 2 N–H and O–H groups in total. The number of rotatable bonds is 6. The second-order valence-electron chi connectivity index (χ2n) is 5.73. The number of amides is 2. The van der Waals surface area contributed by atoms with Gasteiger partial charge >= 0.3 is 12.0 Å². The third-order valence-corrected chi connectivity index (χ3v) is 3.65. The lowest BCUT2D eigenvalue weighted by Crippen LogP contribution is -2.31. The zero-order chi connectivity index (χ0) is 18.2. The van der Waals surface area contributed by atoms with Crippen LogP contribution in [0.1, 0.15) is 36.7 Å². The second-order valence-corrected chi connectivity index (χ2v) is 5.73. The van der Waals surface area contributed by atoms with E-state index in [1.807, 2.05) is 26.0 Å². The number of ether oxygens (including phenoxy) is 1. The lowest BCUT2D eigenvalue weighted by molar-refractivity contribution is -0.142. The Labute approximate surface area is 147 Å². The van der Waals surface area contributed by atoms with Crippen molar-refractivity contribution >= 4 is 17.7 Å². The van der Waals surface area contributed by atoms with Crippen LogP contribution in [0.2, 0.25) is 0 Å². The Kier molecular flexibility index (Phi) is 6.51. The summed E-state index contributed by atoms with van der Waals surface area (Å²) in [5.74, 6) is -0.263. The SMILES string of the molecule is CCOC(=O)Cc1ccc(NC(=O)N[C@H](C)c2ccc(C)nc2)cc1. The van der Waals surface area contributed by atoms with Crippen molar-refractivity contribution in [2.24, 2.45) is 0 Å². The van der Waals surface area contributed by atoms with Gasteiger partial charge in [-0.25, -0.2) is 4.79 Å². The average molecular weight is 341 g/mol. The lowest BCUT2D eigenvalue weighted by atomic mass is 10.1. The molecule has 0 spiro atoms. The van der Waals surface area contributed by atoms with Gasteiger partial charge in [0.15, 0.2) is 0 Å². The van der Waals surface area contributed by atoms with Gasteiger partial charge in [-0.2, -0.15) is 0 Å². The molecule has 0 aliphatic heterocycles. The van der Waals surface area contributed by atoms with E-state index in [1.54, 1.807) is 37.4 Å². The van der Waals surface area contributed by atoms with Gasteiger partial charge in [0.25, 0.3) is 0 Å². The molecule has 1 atom stereocenters. The first kappa shape index (κ1) is 18.4. The van der Waals surface area contributed by atoms with Gasteiger partial charge < -0.3 is 15.4 Å². The molecule has 0 saturated heterocycles. The molecule has 1 heterocycles. The van der Waals surface area contributed by atoms with Gasteiger partial charge in [-0.05, 0) is 50.1 Å². The number of aromatic nitrogens is 1. The van der Waals surface area contributed by atoms with E-state index in [0.717, 1.165) is 16.8 Å². The molecule has 2 amide bonds. The van der Waals surface area contributed by atoms with E-state index in [0.29, 0.717) is 12.3 Å². The third kappa shape index (κ3) is 5.91. The predicted molar refractivity (Wildman–Crippen MR) is 96.3 cm³/mol. The van der Waals surface area contributed by atoms with E-state index in [2.05, 4.69) is 15.6 Å². The van der Waals surface area contributed by atoms with Crippen molar-refractivity contribution in [2.45, 2.75) is 33.2 Å². The molecular weight excluding hydrogens is 318 g/mol. The summed E-state index contributed by atoms with van der Waals surface area (Å²) in [5, 5.41) is 5.64. The number of aryl methyl sites for hydroxylation is 1. The number of pyridine rings is 1. The van der Waals surface area contributed by atoms with Crippen LogP contribution in [0.15, 0.2) is 42.6 Å². The molecule has 0 saturated carbocycles. The van der Waals surface area contributed by atoms with Crippen LogP contribution in [-0.2, 0) is 16.0 Å². The molecule has 1 aromatic heterocycles. The smallest absolute Gasteiger partial charge is 0.319 e. The molecule has 0 aliphatic rings. The molecule has 1 aromatic carbocycles. The number of nitrogens with zero attached hydrogens (tertiary/aromatic N) is 1. The van der Waals surface area contributed by atoms with E-state index in [9.17, 15) is 9.59 Å².